The third kappa shape index (κ3) is 5.55. The highest BCUT2D eigenvalue weighted by atomic mass is 35.5. The van der Waals surface area contributed by atoms with Crippen molar-refractivity contribution >= 4 is 34.2 Å². The Kier molecular flexibility index (Phi) is 7.82. The Morgan fingerprint density at radius 1 is 1.05 bits per heavy atom. The van der Waals surface area contributed by atoms with Crippen LogP contribution in [0.15, 0.2) is 36.5 Å². The van der Waals surface area contributed by atoms with E-state index in [2.05, 4.69) is 45.9 Å². The summed E-state index contributed by atoms with van der Waals surface area (Å²) in [6.07, 6.45) is -2.41. The lowest BCUT2D eigenvalue weighted by atomic mass is 10.0. The number of rotatable bonds is 7. The van der Waals surface area contributed by atoms with Gasteiger partial charge in [-0.2, -0.15) is 13.2 Å². The average Bonchev–Trinajstić information content (AvgIpc) is 3.33. The molecule has 8 nitrogen and oxygen atoms in total. The molecule has 214 valence electrons. The summed E-state index contributed by atoms with van der Waals surface area (Å²) in [6, 6.07) is 8.58. The Balaban J connectivity index is 1.57. The third-order valence-electron chi connectivity index (χ3n) is 7.53. The van der Waals surface area contributed by atoms with Gasteiger partial charge in [0.1, 0.15) is 5.75 Å². The maximum atomic E-state index is 14.1. The number of benzene rings is 2. The van der Waals surface area contributed by atoms with Crippen molar-refractivity contribution in [3.05, 3.63) is 47.1 Å². The van der Waals surface area contributed by atoms with Gasteiger partial charge in [0.05, 0.1) is 34.4 Å². The summed E-state index contributed by atoms with van der Waals surface area (Å²) >= 11 is 6.41. The molecule has 4 aromatic rings. The largest absolute Gasteiger partial charge is 0.491 e. The quantitative estimate of drug-likeness (QED) is 0.271. The fourth-order valence-electron chi connectivity index (χ4n) is 5.17. The average molecular weight is 576 g/mol. The lowest BCUT2D eigenvalue weighted by molar-refractivity contribution is -0.138. The highest BCUT2D eigenvalue weighted by Crippen LogP contribution is 2.43. The zero-order valence-electron chi connectivity index (χ0n) is 23.2. The van der Waals surface area contributed by atoms with E-state index >= 15 is 0 Å². The standard InChI is InChI=1S/C28H33ClF3N7O/c1-17-15-38(16-18(2)37(17)5)27-35-34-25-14-33-23-8-7-19(13-24(23)39(25)27)20-11-21(28(30,31)32)26(22(29)12-20)40-10-6-9-36(3)4/h7-8,11-14,17-18H,6,9-10,15-16H2,1-5H3/t17-,18?/m0/s1. The highest BCUT2D eigenvalue weighted by Gasteiger charge is 2.36. The molecule has 0 radical (unpaired) electrons. The maximum Gasteiger partial charge on any atom is 0.420 e. The molecule has 0 spiro atoms. The van der Waals surface area contributed by atoms with Gasteiger partial charge in [0, 0.05) is 31.7 Å². The van der Waals surface area contributed by atoms with Crippen LogP contribution in [-0.2, 0) is 6.18 Å². The number of aromatic nitrogens is 4. The first-order valence-electron chi connectivity index (χ1n) is 13.2. The number of nitrogens with zero attached hydrogens (tertiary/aromatic N) is 7. The van der Waals surface area contributed by atoms with Crippen LogP contribution in [0.3, 0.4) is 0 Å². The van der Waals surface area contributed by atoms with Crippen molar-refractivity contribution in [2.24, 2.45) is 0 Å². The molecule has 1 saturated heterocycles. The first kappa shape index (κ1) is 28.4. The van der Waals surface area contributed by atoms with E-state index in [0.29, 0.717) is 58.8 Å². The number of alkyl halides is 3. The zero-order valence-corrected chi connectivity index (χ0v) is 24.0. The van der Waals surface area contributed by atoms with Crippen LogP contribution in [0.2, 0.25) is 5.02 Å². The Hall–Kier alpha value is -3.15. The molecule has 0 N–H and O–H groups in total. The minimum absolute atomic E-state index is 0.0866. The smallest absolute Gasteiger partial charge is 0.420 e. The predicted octanol–water partition coefficient (Wildman–Crippen LogP) is 5.48. The van der Waals surface area contributed by atoms with Crippen molar-refractivity contribution in [2.75, 3.05) is 52.3 Å². The van der Waals surface area contributed by atoms with Crippen molar-refractivity contribution < 1.29 is 17.9 Å². The topological polar surface area (TPSA) is 62.0 Å². The van der Waals surface area contributed by atoms with Crippen LogP contribution in [0.5, 0.6) is 5.75 Å². The normalized spacial score (nSPS) is 18.8. The number of anilines is 1. The molecule has 0 bridgehead atoms. The van der Waals surface area contributed by atoms with Crippen molar-refractivity contribution in [1.82, 2.24) is 29.4 Å². The zero-order chi connectivity index (χ0) is 28.8. The second-order valence-electron chi connectivity index (χ2n) is 10.8. The molecule has 1 aliphatic heterocycles. The molecule has 0 aliphatic carbocycles. The van der Waals surface area contributed by atoms with E-state index in [1.54, 1.807) is 18.3 Å². The molecule has 1 unspecified atom stereocenters. The minimum atomic E-state index is -4.64. The Bertz CT molecular complexity index is 1510. The van der Waals surface area contributed by atoms with Gasteiger partial charge in [-0.3, -0.25) is 14.3 Å². The lowest BCUT2D eigenvalue weighted by Crippen LogP contribution is -2.55. The molecule has 2 aromatic heterocycles. The molecule has 3 heterocycles. The van der Waals surface area contributed by atoms with Gasteiger partial charge in [-0.1, -0.05) is 17.7 Å². The molecular weight excluding hydrogens is 543 g/mol. The van der Waals surface area contributed by atoms with Crippen LogP contribution in [0.4, 0.5) is 19.1 Å². The van der Waals surface area contributed by atoms with E-state index < -0.39 is 11.7 Å². The number of ether oxygens (including phenoxy) is 1. The van der Waals surface area contributed by atoms with E-state index in [1.807, 2.05) is 29.5 Å². The van der Waals surface area contributed by atoms with Crippen LogP contribution < -0.4 is 9.64 Å². The molecule has 2 atom stereocenters. The molecule has 0 amide bonds. The van der Waals surface area contributed by atoms with Gasteiger partial charge in [0.25, 0.3) is 0 Å². The van der Waals surface area contributed by atoms with Crippen LogP contribution in [-0.4, -0.2) is 88.8 Å². The van der Waals surface area contributed by atoms with Crippen LogP contribution in [0.1, 0.15) is 25.8 Å². The SMILES string of the molecule is CC1CN(c2nnc3cnc4ccc(-c5cc(Cl)c(OCCCN(C)C)c(C(F)(F)F)c5)cc4n23)C[C@H](C)N1C. The molecule has 0 saturated carbocycles. The molecule has 12 heteroatoms. The third-order valence-corrected chi connectivity index (χ3v) is 7.81. The fourth-order valence-corrected chi connectivity index (χ4v) is 5.44. The van der Waals surface area contributed by atoms with Crippen LogP contribution in [0, 0.1) is 0 Å². The number of hydrogen-bond donors (Lipinski definition) is 0. The Morgan fingerprint density at radius 2 is 1.77 bits per heavy atom. The number of halogens is 4. The molecule has 1 fully saturated rings. The summed E-state index contributed by atoms with van der Waals surface area (Å²) in [5.41, 5.74) is 1.93. The highest BCUT2D eigenvalue weighted by molar-refractivity contribution is 6.32. The van der Waals surface area contributed by atoms with Crippen molar-refractivity contribution in [2.45, 2.75) is 38.5 Å². The van der Waals surface area contributed by atoms with Crippen LogP contribution in [0.25, 0.3) is 27.8 Å². The van der Waals surface area contributed by atoms with Crippen molar-refractivity contribution in [1.29, 1.82) is 0 Å². The van der Waals surface area contributed by atoms with Gasteiger partial charge in [-0.15, -0.1) is 10.2 Å². The summed E-state index contributed by atoms with van der Waals surface area (Å²) in [7, 11) is 5.90. The maximum absolute atomic E-state index is 14.1. The number of piperazine rings is 1. The van der Waals surface area contributed by atoms with Crippen LogP contribution >= 0.6 is 11.6 Å². The van der Waals surface area contributed by atoms with Gasteiger partial charge in [-0.05, 0) is 76.8 Å². The molecule has 5 rings (SSSR count). The van der Waals surface area contributed by atoms with Crippen molar-refractivity contribution in [3.8, 4) is 16.9 Å². The molecular formula is C28H33ClF3N7O. The van der Waals surface area contributed by atoms with Gasteiger partial charge in [0.2, 0.25) is 5.95 Å². The molecule has 40 heavy (non-hydrogen) atoms. The van der Waals surface area contributed by atoms with E-state index in [9.17, 15) is 13.2 Å². The van der Waals surface area contributed by atoms with Gasteiger partial charge >= 0.3 is 6.18 Å². The summed E-state index contributed by atoms with van der Waals surface area (Å²) in [6.45, 7) is 6.69. The summed E-state index contributed by atoms with van der Waals surface area (Å²) in [5, 5.41) is 8.73. The minimum Gasteiger partial charge on any atom is -0.491 e. The fraction of sp³-hybridized carbons (Fsp3) is 0.464. The number of likely N-dealkylation sites (N-methyl/N-ethyl adjacent to an activating group) is 1. The Morgan fingerprint density at radius 3 is 2.45 bits per heavy atom. The summed E-state index contributed by atoms with van der Waals surface area (Å²) < 4.78 is 49.9. The first-order chi connectivity index (χ1) is 18.9. The Labute approximate surface area is 236 Å². The number of fused-ring (bicyclic) bond motifs is 3. The van der Waals surface area contributed by atoms with E-state index in [0.717, 1.165) is 19.2 Å². The first-order valence-corrected chi connectivity index (χ1v) is 13.6. The molecule has 1 aliphatic rings. The second-order valence-corrected chi connectivity index (χ2v) is 11.2. The molecule has 2 aromatic carbocycles. The second kappa shape index (κ2) is 11.0. The predicted molar refractivity (Wildman–Crippen MR) is 151 cm³/mol. The van der Waals surface area contributed by atoms with Gasteiger partial charge in [-0.25, -0.2) is 0 Å². The van der Waals surface area contributed by atoms with E-state index in [4.69, 9.17) is 16.3 Å². The summed E-state index contributed by atoms with van der Waals surface area (Å²) in [4.78, 5) is 11.0. The van der Waals surface area contributed by atoms with Gasteiger partial charge < -0.3 is 14.5 Å². The monoisotopic (exact) mass is 575 g/mol. The number of hydrogen-bond acceptors (Lipinski definition) is 7. The van der Waals surface area contributed by atoms with E-state index in [1.165, 1.54) is 6.07 Å². The summed E-state index contributed by atoms with van der Waals surface area (Å²) in [5.74, 6) is 0.336. The van der Waals surface area contributed by atoms with E-state index in [-0.39, 0.29) is 17.4 Å². The van der Waals surface area contributed by atoms with Gasteiger partial charge in [0.15, 0.2) is 5.65 Å². The lowest BCUT2D eigenvalue weighted by Gasteiger charge is -2.42. The van der Waals surface area contributed by atoms with Crippen molar-refractivity contribution in [3.63, 3.8) is 0 Å².